The maximum absolute atomic E-state index is 13.0. The second-order valence-electron chi connectivity index (χ2n) is 9.64. The average molecular weight is 431 g/mol. The van der Waals surface area contributed by atoms with Crippen LogP contribution in [0.2, 0.25) is 0 Å². The number of nitrogens with one attached hydrogen (secondary N) is 1. The Morgan fingerprint density at radius 1 is 1.16 bits per heavy atom. The summed E-state index contributed by atoms with van der Waals surface area (Å²) in [6.45, 7) is 8.65. The molecule has 32 heavy (non-hydrogen) atoms. The van der Waals surface area contributed by atoms with Crippen molar-refractivity contribution in [1.29, 1.82) is 0 Å². The first-order valence-electron chi connectivity index (χ1n) is 11.4. The molecule has 2 aliphatic rings. The lowest BCUT2D eigenvalue weighted by Gasteiger charge is -2.25. The third-order valence-corrected chi connectivity index (χ3v) is 6.97. The van der Waals surface area contributed by atoms with Gasteiger partial charge in [0.05, 0.1) is 5.41 Å². The Balaban J connectivity index is 1.35. The van der Waals surface area contributed by atoms with Crippen LogP contribution in [0, 0.1) is 26.7 Å². The number of hydrogen-bond donors (Lipinski definition) is 1. The Kier molecular flexibility index (Phi) is 5.33. The van der Waals surface area contributed by atoms with Crippen molar-refractivity contribution in [2.75, 3.05) is 13.1 Å². The fraction of sp³-hybridized carbons (Fsp3) is 0.423. The topological polar surface area (TPSA) is 71.3 Å². The molecule has 1 aliphatic carbocycles. The summed E-state index contributed by atoms with van der Waals surface area (Å²) in [6.07, 6.45) is 1.74. The normalized spacial score (nSPS) is 25.1. The Hall–Kier alpha value is -2.99. The smallest absolute Gasteiger partial charge is 0.251 e. The summed E-state index contributed by atoms with van der Waals surface area (Å²) in [4.78, 5) is 20.1. The summed E-state index contributed by atoms with van der Waals surface area (Å²) in [6, 6.07) is 16.7. The minimum Gasteiger partial charge on any atom is -0.349 e. The lowest BCUT2D eigenvalue weighted by Crippen LogP contribution is -2.38. The van der Waals surface area contributed by atoms with Gasteiger partial charge >= 0.3 is 0 Å². The number of hydrogen-bond acceptors (Lipinski definition) is 5. The third-order valence-electron chi connectivity index (χ3n) is 6.97. The van der Waals surface area contributed by atoms with Crippen LogP contribution in [0.15, 0.2) is 53.1 Å². The Labute approximate surface area is 189 Å². The second kappa shape index (κ2) is 8.17. The summed E-state index contributed by atoms with van der Waals surface area (Å²) < 4.78 is 5.72. The minimum atomic E-state index is -0.212. The molecule has 1 aromatic heterocycles. The zero-order chi connectivity index (χ0) is 22.3. The van der Waals surface area contributed by atoms with Gasteiger partial charge in [-0.25, -0.2) is 0 Å². The summed E-state index contributed by atoms with van der Waals surface area (Å²) in [7, 11) is 0. The molecule has 1 saturated heterocycles. The number of aryl methyl sites for hydroxylation is 3. The monoisotopic (exact) mass is 430 g/mol. The maximum Gasteiger partial charge on any atom is 0.251 e. The molecule has 0 spiro atoms. The molecule has 166 valence electrons. The van der Waals surface area contributed by atoms with Gasteiger partial charge in [0.15, 0.2) is 5.82 Å². The molecule has 2 aromatic carbocycles. The molecular formula is C26H30N4O2. The SMILES string of the molecule is Cc1cc(C)cc(C(=O)N[C@@H]2C[C@H]3CN(Cc4ccccc4)C[C@@]3(c3nc(C)no3)C2)c1. The Morgan fingerprint density at radius 2 is 1.91 bits per heavy atom. The highest BCUT2D eigenvalue weighted by molar-refractivity contribution is 5.94. The average Bonchev–Trinajstić information content (AvgIpc) is 3.41. The molecule has 6 heteroatoms. The van der Waals surface area contributed by atoms with Crippen molar-refractivity contribution in [3.8, 4) is 0 Å². The number of aromatic nitrogens is 2. The largest absolute Gasteiger partial charge is 0.349 e. The highest BCUT2D eigenvalue weighted by Crippen LogP contribution is 2.50. The van der Waals surface area contributed by atoms with E-state index in [9.17, 15) is 4.79 Å². The second-order valence-corrected chi connectivity index (χ2v) is 9.64. The van der Waals surface area contributed by atoms with Crippen LogP contribution < -0.4 is 5.32 Å². The van der Waals surface area contributed by atoms with Crippen LogP contribution in [0.5, 0.6) is 0 Å². The van der Waals surface area contributed by atoms with Crippen molar-refractivity contribution >= 4 is 5.91 Å². The molecule has 1 amide bonds. The summed E-state index contributed by atoms with van der Waals surface area (Å²) in [5, 5.41) is 7.38. The first-order chi connectivity index (χ1) is 15.4. The van der Waals surface area contributed by atoms with E-state index in [1.807, 2.05) is 39.0 Å². The van der Waals surface area contributed by atoms with E-state index >= 15 is 0 Å². The molecule has 0 bridgehead atoms. The number of fused-ring (bicyclic) bond motifs is 1. The molecular weight excluding hydrogens is 400 g/mol. The fourth-order valence-electron chi connectivity index (χ4n) is 5.75. The lowest BCUT2D eigenvalue weighted by molar-refractivity contribution is 0.0933. The van der Waals surface area contributed by atoms with Crippen molar-refractivity contribution in [2.45, 2.75) is 51.6 Å². The van der Waals surface area contributed by atoms with Gasteiger partial charge in [-0.2, -0.15) is 4.98 Å². The fourth-order valence-corrected chi connectivity index (χ4v) is 5.75. The first-order valence-corrected chi connectivity index (χ1v) is 11.4. The van der Waals surface area contributed by atoms with Gasteiger partial charge in [-0.05, 0) is 57.2 Å². The van der Waals surface area contributed by atoms with E-state index in [0.29, 0.717) is 11.7 Å². The van der Waals surface area contributed by atoms with Gasteiger partial charge in [0.1, 0.15) is 0 Å². The quantitative estimate of drug-likeness (QED) is 0.664. The molecule has 0 unspecified atom stereocenters. The van der Waals surface area contributed by atoms with Crippen LogP contribution in [-0.4, -0.2) is 40.1 Å². The van der Waals surface area contributed by atoms with Crippen LogP contribution >= 0.6 is 0 Å². The number of likely N-dealkylation sites (tertiary alicyclic amines) is 1. The molecule has 3 aromatic rings. The molecule has 1 aliphatic heterocycles. The van der Waals surface area contributed by atoms with Gasteiger partial charge < -0.3 is 9.84 Å². The standard InChI is InChI=1S/C26H30N4O2/c1-17-9-18(2)11-21(10-17)24(31)28-23-12-22-15-30(14-20-7-5-4-6-8-20)16-26(22,13-23)25-27-19(3)29-32-25/h4-11,22-23H,12-16H2,1-3H3,(H,28,31)/t22-,23+,26-/m0/s1. The molecule has 2 heterocycles. The van der Waals surface area contributed by atoms with Crippen LogP contribution in [0.4, 0.5) is 0 Å². The highest BCUT2D eigenvalue weighted by Gasteiger charge is 2.57. The van der Waals surface area contributed by atoms with Crippen molar-refractivity contribution in [2.24, 2.45) is 5.92 Å². The summed E-state index contributed by atoms with van der Waals surface area (Å²) >= 11 is 0. The lowest BCUT2D eigenvalue weighted by atomic mass is 9.80. The van der Waals surface area contributed by atoms with E-state index in [4.69, 9.17) is 4.52 Å². The Bertz CT molecular complexity index is 1110. The summed E-state index contributed by atoms with van der Waals surface area (Å²) in [5.41, 5.74) is 4.04. The predicted molar refractivity (Wildman–Crippen MR) is 122 cm³/mol. The number of nitrogens with zero attached hydrogens (tertiary/aromatic N) is 3. The van der Waals surface area contributed by atoms with Gasteiger partial charge in [-0.3, -0.25) is 9.69 Å². The van der Waals surface area contributed by atoms with Crippen LogP contribution in [-0.2, 0) is 12.0 Å². The van der Waals surface area contributed by atoms with E-state index < -0.39 is 0 Å². The van der Waals surface area contributed by atoms with E-state index in [1.54, 1.807) is 0 Å². The van der Waals surface area contributed by atoms with Gasteiger partial charge in [0, 0.05) is 31.2 Å². The molecule has 1 saturated carbocycles. The number of rotatable bonds is 5. The zero-order valence-electron chi connectivity index (χ0n) is 19.0. The molecule has 3 atom stereocenters. The molecule has 5 rings (SSSR count). The van der Waals surface area contributed by atoms with E-state index in [0.717, 1.165) is 55.1 Å². The number of amides is 1. The molecule has 1 N–H and O–H groups in total. The van der Waals surface area contributed by atoms with E-state index in [-0.39, 0.29) is 17.4 Å². The zero-order valence-corrected chi connectivity index (χ0v) is 19.0. The molecule has 2 fully saturated rings. The van der Waals surface area contributed by atoms with Gasteiger partial charge in [-0.1, -0.05) is 52.7 Å². The minimum absolute atomic E-state index is 0.000209. The van der Waals surface area contributed by atoms with Crippen LogP contribution in [0.1, 0.15) is 51.6 Å². The molecule has 0 radical (unpaired) electrons. The molecule has 6 nitrogen and oxygen atoms in total. The third kappa shape index (κ3) is 3.95. The van der Waals surface area contributed by atoms with E-state index in [2.05, 4.69) is 50.7 Å². The maximum atomic E-state index is 13.0. The van der Waals surface area contributed by atoms with E-state index in [1.165, 1.54) is 5.56 Å². The van der Waals surface area contributed by atoms with Crippen molar-refractivity contribution in [3.63, 3.8) is 0 Å². The Morgan fingerprint density at radius 3 is 2.59 bits per heavy atom. The van der Waals surface area contributed by atoms with Crippen molar-refractivity contribution < 1.29 is 9.32 Å². The van der Waals surface area contributed by atoms with Gasteiger partial charge in [0.2, 0.25) is 5.89 Å². The highest BCUT2D eigenvalue weighted by atomic mass is 16.5. The van der Waals surface area contributed by atoms with Crippen LogP contribution in [0.3, 0.4) is 0 Å². The number of benzene rings is 2. The predicted octanol–water partition coefficient (Wildman–Crippen LogP) is 3.96. The first kappa shape index (κ1) is 20.9. The summed E-state index contributed by atoms with van der Waals surface area (Å²) in [5.74, 6) is 1.76. The van der Waals surface area contributed by atoms with Gasteiger partial charge in [0.25, 0.3) is 5.91 Å². The number of carbonyl (C=O) groups is 1. The van der Waals surface area contributed by atoms with Crippen molar-refractivity contribution in [1.82, 2.24) is 20.4 Å². The van der Waals surface area contributed by atoms with Gasteiger partial charge in [-0.15, -0.1) is 0 Å². The number of carbonyl (C=O) groups excluding carboxylic acids is 1. The van der Waals surface area contributed by atoms with Crippen LogP contribution in [0.25, 0.3) is 0 Å². The van der Waals surface area contributed by atoms with Crippen molar-refractivity contribution in [3.05, 3.63) is 82.5 Å².